The fourth-order valence-corrected chi connectivity index (χ4v) is 2.34. The molecule has 0 heterocycles. The van der Waals surface area contributed by atoms with Crippen molar-refractivity contribution in [3.8, 4) is 0 Å². The Kier molecular flexibility index (Phi) is 8.77. The average Bonchev–Trinajstić information content (AvgIpc) is 2.49. The second-order valence-corrected chi connectivity index (χ2v) is 5.21. The van der Waals surface area contributed by atoms with Crippen molar-refractivity contribution in [1.29, 1.82) is 0 Å². The van der Waals surface area contributed by atoms with Crippen molar-refractivity contribution < 1.29 is 0 Å². The Morgan fingerprint density at radius 3 is 2.15 bits per heavy atom. The zero-order valence-corrected chi connectivity index (χ0v) is 13.4. The maximum atomic E-state index is 4.52. The van der Waals surface area contributed by atoms with E-state index in [1.165, 1.54) is 43.4 Å². The van der Waals surface area contributed by atoms with Crippen LogP contribution in [0.25, 0.3) is 0 Å². The van der Waals surface area contributed by atoms with Crippen LogP contribution in [0, 0.1) is 0 Å². The Bertz CT molecular complexity index is 364. The molecule has 1 rings (SSSR count). The minimum Gasteiger partial charge on any atom is -0.372 e. The van der Waals surface area contributed by atoms with E-state index >= 15 is 0 Å². The molecular weight excluding hydrogens is 244 g/mol. The Labute approximate surface area is 124 Å². The SMILES string of the molecule is CCCCCCCN=Cc1ccc(N(CC)CC)cc1. The maximum Gasteiger partial charge on any atom is 0.0389 e. The van der Waals surface area contributed by atoms with E-state index in [1.54, 1.807) is 0 Å². The molecule has 0 saturated heterocycles. The third kappa shape index (κ3) is 6.23. The Morgan fingerprint density at radius 1 is 0.900 bits per heavy atom. The lowest BCUT2D eigenvalue weighted by molar-refractivity contribution is 0.639. The molecule has 0 spiro atoms. The molecule has 0 atom stereocenters. The lowest BCUT2D eigenvalue weighted by atomic mass is 10.1. The fraction of sp³-hybridized carbons (Fsp3) is 0.611. The molecule has 0 aliphatic carbocycles. The molecule has 0 saturated carbocycles. The van der Waals surface area contributed by atoms with Gasteiger partial charge in [0.05, 0.1) is 0 Å². The predicted molar refractivity (Wildman–Crippen MR) is 91.2 cm³/mol. The van der Waals surface area contributed by atoms with Gasteiger partial charge in [-0.25, -0.2) is 0 Å². The zero-order valence-electron chi connectivity index (χ0n) is 13.4. The molecule has 1 aromatic carbocycles. The third-order valence-corrected chi connectivity index (χ3v) is 3.65. The average molecular weight is 274 g/mol. The summed E-state index contributed by atoms with van der Waals surface area (Å²) < 4.78 is 0. The van der Waals surface area contributed by atoms with E-state index in [0.717, 1.165) is 19.6 Å². The summed E-state index contributed by atoms with van der Waals surface area (Å²) in [5.74, 6) is 0. The van der Waals surface area contributed by atoms with Gasteiger partial charge in [0.2, 0.25) is 0 Å². The van der Waals surface area contributed by atoms with Gasteiger partial charge in [0, 0.05) is 31.5 Å². The molecule has 0 aromatic heterocycles. The number of hydrogen-bond acceptors (Lipinski definition) is 2. The molecular formula is C18H30N2. The summed E-state index contributed by atoms with van der Waals surface area (Å²) in [5, 5.41) is 0. The van der Waals surface area contributed by atoms with E-state index in [-0.39, 0.29) is 0 Å². The largest absolute Gasteiger partial charge is 0.372 e. The van der Waals surface area contributed by atoms with Crippen LogP contribution in [0.1, 0.15) is 58.4 Å². The molecule has 0 N–H and O–H groups in total. The van der Waals surface area contributed by atoms with Gasteiger partial charge in [-0.05, 0) is 38.0 Å². The highest BCUT2D eigenvalue weighted by molar-refractivity contribution is 5.80. The first-order valence-electron chi connectivity index (χ1n) is 8.16. The van der Waals surface area contributed by atoms with E-state index in [9.17, 15) is 0 Å². The lowest BCUT2D eigenvalue weighted by Gasteiger charge is -2.20. The highest BCUT2D eigenvalue weighted by atomic mass is 15.1. The molecule has 0 amide bonds. The molecule has 0 radical (unpaired) electrons. The summed E-state index contributed by atoms with van der Waals surface area (Å²) in [6.07, 6.45) is 8.55. The molecule has 2 nitrogen and oxygen atoms in total. The molecule has 0 aliphatic heterocycles. The van der Waals surface area contributed by atoms with Crippen molar-refractivity contribution in [2.24, 2.45) is 4.99 Å². The molecule has 1 aromatic rings. The van der Waals surface area contributed by atoms with Gasteiger partial charge in [0.1, 0.15) is 0 Å². The van der Waals surface area contributed by atoms with Crippen LogP contribution in [0.3, 0.4) is 0 Å². The zero-order chi connectivity index (χ0) is 14.6. The quantitative estimate of drug-likeness (QED) is 0.436. The van der Waals surface area contributed by atoms with Gasteiger partial charge in [0.15, 0.2) is 0 Å². The number of hydrogen-bond donors (Lipinski definition) is 0. The normalized spacial score (nSPS) is 11.2. The molecule has 0 aliphatic rings. The van der Waals surface area contributed by atoms with Gasteiger partial charge >= 0.3 is 0 Å². The Balaban J connectivity index is 2.33. The monoisotopic (exact) mass is 274 g/mol. The first kappa shape index (κ1) is 16.7. The molecule has 2 heteroatoms. The molecule has 112 valence electrons. The van der Waals surface area contributed by atoms with Crippen molar-refractivity contribution in [3.05, 3.63) is 29.8 Å². The summed E-state index contributed by atoms with van der Waals surface area (Å²) in [5.41, 5.74) is 2.50. The molecule has 0 unspecified atom stereocenters. The summed E-state index contributed by atoms with van der Waals surface area (Å²) in [6.45, 7) is 9.71. The summed E-state index contributed by atoms with van der Waals surface area (Å²) >= 11 is 0. The number of unbranched alkanes of at least 4 members (excludes halogenated alkanes) is 4. The third-order valence-electron chi connectivity index (χ3n) is 3.65. The van der Waals surface area contributed by atoms with Crippen LogP contribution in [-0.2, 0) is 0 Å². The summed E-state index contributed by atoms with van der Waals surface area (Å²) in [7, 11) is 0. The van der Waals surface area contributed by atoms with Crippen LogP contribution in [0.2, 0.25) is 0 Å². The lowest BCUT2D eigenvalue weighted by Crippen LogP contribution is -2.21. The second-order valence-electron chi connectivity index (χ2n) is 5.21. The maximum absolute atomic E-state index is 4.52. The van der Waals surface area contributed by atoms with Gasteiger partial charge in [-0.15, -0.1) is 0 Å². The number of benzene rings is 1. The smallest absolute Gasteiger partial charge is 0.0389 e. The van der Waals surface area contributed by atoms with Crippen LogP contribution >= 0.6 is 0 Å². The van der Waals surface area contributed by atoms with Crippen LogP contribution < -0.4 is 4.90 Å². The first-order chi connectivity index (χ1) is 9.81. The van der Waals surface area contributed by atoms with Crippen LogP contribution in [-0.4, -0.2) is 25.8 Å². The van der Waals surface area contributed by atoms with Gasteiger partial charge in [-0.2, -0.15) is 0 Å². The van der Waals surface area contributed by atoms with Crippen LogP contribution in [0.4, 0.5) is 5.69 Å². The van der Waals surface area contributed by atoms with Gasteiger partial charge in [-0.1, -0.05) is 44.7 Å². The number of aliphatic imine (C=N–C) groups is 1. The predicted octanol–water partition coefficient (Wildman–Crippen LogP) is 4.92. The number of nitrogens with zero attached hydrogens (tertiary/aromatic N) is 2. The summed E-state index contributed by atoms with van der Waals surface area (Å²) in [6, 6.07) is 8.70. The Hall–Kier alpha value is -1.31. The highest BCUT2D eigenvalue weighted by Gasteiger charge is 2.00. The van der Waals surface area contributed by atoms with Crippen LogP contribution in [0.5, 0.6) is 0 Å². The van der Waals surface area contributed by atoms with Crippen molar-refractivity contribution >= 4 is 11.9 Å². The van der Waals surface area contributed by atoms with E-state index < -0.39 is 0 Å². The molecule has 0 bridgehead atoms. The van der Waals surface area contributed by atoms with Crippen molar-refractivity contribution in [3.63, 3.8) is 0 Å². The van der Waals surface area contributed by atoms with Crippen molar-refractivity contribution in [1.82, 2.24) is 0 Å². The van der Waals surface area contributed by atoms with E-state index in [0.29, 0.717) is 0 Å². The number of anilines is 1. The fourth-order valence-electron chi connectivity index (χ4n) is 2.34. The topological polar surface area (TPSA) is 15.6 Å². The Morgan fingerprint density at radius 2 is 1.55 bits per heavy atom. The summed E-state index contributed by atoms with van der Waals surface area (Å²) in [4.78, 5) is 6.87. The van der Waals surface area contributed by atoms with E-state index in [2.05, 4.69) is 54.9 Å². The minimum absolute atomic E-state index is 0.960. The number of rotatable bonds is 10. The van der Waals surface area contributed by atoms with E-state index in [1.807, 2.05) is 6.21 Å². The second kappa shape index (κ2) is 10.5. The minimum atomic E-state index is 0.960. The molecule has 0 fully saturated rings. The standard InChI is InChI=1S/C18H30N2/c1-4-7-8-9-10-15-19-16-17-11-13-18(14-12-17)20(5-2)6-3/h11-14,16H,4-10,15H2,1-3H3. The van der Waals surface area contributed by atoms with E-state index in [4.69, 9.17) is 0 Å². The van der Waals surface area contributed by atoms with Crippen molar-refractivity contribution in [2.75, 3.05) is 24.5 Å². The van der Waals surface area contributed by atoms with Crippen molar-refractivity contribution in [2.45, 2.75) is 52.9 Å². The van der Waals surface area contributed by atoms with Crippen LogP contribution in [0.15, 0.2) is 29.3 Å². The molecule has 20 heavy (non-hydrogen) atoms. The highest BCUT2D eigenvalue weighted by Crippen LogP contribution is 2.14. The van der Waals surface area contributed by atoms with Gasteiger partial charge in [-0.3, -0.25) is 4.99 Å². The van der Waals surface area contributed by atoms with Gasteiger partial charge < -0.3 is 4.90 Å². The van der Waals surface area contributed by atoms with Gasteiger partial charge in [0.25, 0.3) is 0 Å². The first-order valence-corrected chi connectivity index (χ1v) is 8.16.